The third kappa shape index (κ3) is 3.24. The first-order chi connectivity index (χ1) is 12.5. The first-order valence-corrected chi connectivity index (χ1v) is 8.84. The van der Waals surface area contributed by atoms with Gasteiger partial charge in [0.1, 0.15) is 0 Å². The number of aryl methyl sites for hydroxylation is 1. The highest BCUT2D eigenvalue weighted by Crippen LogP contribution is 2.27. The summed E-state index contributed by atoms with van der Waals surface area (Å²) in [5, 5.41) is 9.27. The van der Waals surface area contributed by atoms with Gasteiger partial charge in [-0.15, -0.1) is 0 Å². The van der Waals surface area contributed by atoms with Crippen molar-refractivity contribution in [3.8, 4) is 11.1 Å². The third-order valence-corrected chi connectivity index (χ3v) is 5.05. The summed E-state index contributed by atoms with van der Waals surface area (Å²) >= 11 is 0. The van der Waals surface area contributed by atoms with E-state index in [1.165, 1.54) is 0 Å². The van der Waals surface area contributed by atoms with E-state index in [0.29, 0.717) is 18.8 Å². The van der Waals surface area contributed by atoms with Crippen LogP contribution < -0.4 is 5.32 Å². The molecule has 0 radical (unpaired) electrons. The Balaban J connectivity index is 1.61. The number of pyridine rings is 1. The Hall–Kier alpha value is -2.60. The molecule has 3 heterocycles. The van der Waals surface area contributed by atoms with E-state index in [1.54, 1.807) is 10.9 Å². The molecule has 0 bridgehead atoms. The number of hydrogen-bond acceptors (Lipinski definition) is 4. The normalized spacial score (nSPS) is 16.7. The average molecular weight is 352 g/mol. The van der Waals surface area contributed by atoms with Gasteiger partial charge in [-0.1, -0.05) is 12.1 Å². The lowest BCUT2D eigenvalue weighted by Crippen LogP contribution is -2.45. The van der Waals surface area contributed by atoms with E-state index in [4.69, 9.17) is 0 Å². The van der Waals surface area contributed by atoms with Crippen LogP contribution in [0.25, 0.3) is 21.9 Å². The van der Waals surface area contributed by atoms with Crippen molar-refractivity contribution in [1.82, 2.24) is 20.1 Å². The van der Waals surface area contributed by atoms with Gasteiger partial charge in [-0.3, -0.25) is 14.5 Å². The van der Waals surface area contributed by atoms with Crippen LogP contribution in [0.3, 0.4) is 0 Å². The molecule has 1 N–H and O–H groups in total. The Kier molecular flexibility index (Phi) is 4.28. The minimum atomic E-state index is -1.72. The second-order valence-electron chi connectivity index (χ2n) is 6.96. The van der Waals surface area contributed by atoms with Crippen LogP contribution in [0.1, 0.15) is 18.5 Å². The molecule has 0 amide bonds. The lowest BCUT2D eigenvalue weighted by molar-refractivity contribution is -0.131. The summed E-state index contributed by atoms with van der Waals surface area (Å²) in [6.07, 6.45) is 6.03. The van der Waals surface area contributed by atoms with E-state index >= 15 is 0 Å². The number of halogens is 1. The molecule has 1 aliphatic rings. The maximum atomic E-state index is 14.8. The molecule has 1 fully saturated rings. The third-order valence-electron chi connectivity index (χ3n) is 5.05. The first-order valence-electron chi connectivity index (χ1n) is 8.84. The van der Waals surface area contributed by atoms with E-state index < -0.39 is 5.67 Å². The molecule has 1 saturated heterocycles. The number of piperidine rings is 1. The molecule has 0 spiro atoms. The van der Waals surface area contributed by atoms with Crippen LogP contribution in [0, 0.1) is 0 Å². The fourth-order valence-corrected chi connectivity index (χ4v) is 3.46. The SMILES string of the molecule is Cn1cc(-c2ccc3cnc(CC(=O)C4(F)CCNCC4)cc3c2)cn1. The van der Waals surface area contributed by atoms with Gasteiger partial charge in [0, 0.05) is 48.9 Å². The highest BCUT2D eigenvalue weighted by atomic mass is 19.1. The van der Waals surface area contributed by atoms with E-state index in [0.717, 1.165) is 21.9 Å². The fourth-order valence-electron chi connectivity index (χ4n) is 3.46. The van der Waals surface area contributed by atoms with Gasteiger partial charge in [-0.2, -0.15) is 5.10 Å². The van der Waals surface area contributed by atoms with Gasteiger partial charge in [0.25, 0.3) is 0 Å². The molecule has 26 heavy (non-hydrogen) atoms. The number of aromatic nitrogens is 3. The van der Waals surface area contributed by atoms with Crippen LogP contribution in [0.15, 0.2) is 42.9 Å². The molecular formula is C20H21FN4O. The zero-order valence-corrected chi connectivity index (χ0v) is 14.7. The molecule has 0 saturated carbocycles. The van der Waals surface area contributed by atoms with Crippen molar-refractivity contribution in [3.63, 3.8) is 0 Å². The predicted octanol–water partition coefficient (Wildman–Crippen LogP) is 2.84. The number of hydrogen-bond donors (Lipinski definition) is 1. The van der Waals surface area contributed by atoms with Crippen LogP contribution in [-0.2, 0) is 18.3 Å². The van der Waals surface area contributed by atoms with Crippen molar-refractivity contribution >= 4 is 16.6 Å². The number of carbonyl (C=O) groups excluding carboxylic acids is 1. The van der Waals surface area contributed by atoms with Crippen molar-refractivity contribution in [2.24, 2.45) is 7.05 Å². The van der Waals surface area contributed by atoms with Crippen LogP contribution in [0.2, 0.25) is 0 Å². The van der Waals surface area contributed by atoms with Crippen LogP contribution >= 0.6 is 0 Å². The average Bonchev–Trinajstić information content (AvgIpc) is 3.08. The Morgan fingerprint density at radius 3 is 2.73 bits per heavy atom. The summed E-state index contributed by atoms with van der Waals surface area (Å²) in [5.41, 5.74) is 0.969. The number of ketones is 1. The molecule has 3 aromatic rings. The predicted molar refractivity (Wildman–Crippen MR) is 98.6 cm³/mol. The Bertz CT molecular complexity index is 959. The summed E-state index contributed by atoms with van der Waals surface area (Å²) in [6, 6.07) is 7.96. The summed E-state index contributed by atoms with van der Waals surface area (Å²) in [7, 11) is 1.88. The van der Waals surface area contributed by atoms with Gasteiger partial charge >= 0.3 is 0 Å². The molecule has 1 aliphatic heterocycles. The van der Waals surface area contributed by atoms with Crippen molar-refractivity contribution < 1.29 is 9.18 Å². The van der Waals surface area contributed by atoms with E-state index in [9.17, 15) is 9.18 Å². The van der Waals surface area contributed by atoms with Gasteiger partial charge < -0.3 is 5.32 Å². The quantitative estimate of drug-likeness (QED) is 0.784. The standard InChI is InChI=1S/C20H21FN4O/c1-25-13-17(12-24-25)14-2-3-15-11-23-18(9-16(15)8-14)10-19(26)20(21)4-6-22-7-5-20/h2-3,8-9,11-13,22H,4-7,10H2,1H3. The van der Waals surface area contributed by atoms with Crippen molar-refractivity contribution in [2.45, 2.75) is 24.9 Å². The maximum absolute atomic E-state index is 14.8. The molecule has 2 aromatic heterocycles. The fraction of sp³-hybridized carbons (Fsp3) is 0.350. The molecule has 0 atom stereocenters. The summed E-state index contributed by atoms with van der Waals surface area (Å²) in [4.78, 5) is 16.8. The van der Waals surface area contributed by atoms with Crippen LogP contribution in [0.4, 0.5) is 4.39 Å². The van der Waals surface area contributed by atoms with Gasteiger partial charge in [-0.05, 0) is 36.2 Å². The van der Waals surface area contributed by atoms with Crippen LogP contribution in [-0.4, -0.2) is 39.3 Å². The highest BCUT2D eigenvalue weighted by Gasteiger charge is 2.39. The lowest BCUT2D eigenvalue weighted by atomic mass is 9.87. The maximum Gasteiger partial charge on any atom is 0.175 e. The zero-order valence-electron chi connectivity index (χ0n) is 14.7. The number of nitrogens with zero attached hydrogens (tertiary/aromatic N) is 3. The number of Topliss-reactive ketones (excluding diaryl/α,β-unsaturated/α-hetero) is 1. The second kappa shape index (κ2) is 6.61. The van der Waals surface area contributed by atoms with Crippen molar-refractivity contribution in [2.75, 3.05) is 13.1 Å². The largest absolute Gasteiger partial charge is 0.316 e. The van der Waals surface area contributed by atoms with Gasteiger partial charge in [0.05, 0.1) is 12.6 Å². The van der Waals surface area contributed by atoms with Crippen molar-refractivity contribution in [1.29, 1.82) is 0 Å². The molecule has 1 aromatic carbocycles. The smallest absolute Gasteiger partial charge is 0.175 e. The molecule has 5 nitrogen and oxygen atoms in total. The molecule has 6 heteroatoms. The second-order valence-corrected chi connectivity index (χ2v) is 6.96. The van der Waals surface area contributed by atoms with Gasteiger partial charge in [0.15, 0.2) is 11.5 Å². The summed E-state index contributed by atoms with van der Waals surface area (Å²) in [5.74, 6) is -0.366. The first kappa shape index (κ1) is 16.8. The van der Waals surface area contributed by atoms with Crippen LogP contribution in [0.5, 0.6) is 0 Å². The number of fused-ring (bicyclic) bond motifs is 1. The van der Waals surface area contributed by atoms with Gasteiger partial charge in [0.2, 0.25) is 0 Å². The van der Waals surface area contributed by atoms with E-state index in [1.807, 2.05) is 37.6 Å². The molecule has 0 unspecified atom stereocenters. The summed E-state index contributed by atoms with van der Waals surface area (Å²) in [6.45, 7) is 1.09. The minimum absolute atomic E-state index is 0.0313. The number of nitrogens with one attached hydrogen (secondary N) is 1. The summed E-state index contributed by atoms with van der Waals surface area (Å²) < 4.78 is 16.6. The Morgan fingerprint density at radius 1 is 1.19 bits per heavy atom. The molecule has 134 valence electrons. The van der Waals surface area contributed by atoms with Gasteiger partial charge in [-0.25, -0.2) is 4.39 Å². The monoisotopic (exact) mass is 352 g/mol. The minimum Gasteiger partial charge on any atom is -0.316 e. The highest BCUT2D eigenvalue weighted by molar-refractivity contribution is 5.91. The molecular weight excluding hydrogens is 331 g/mol. The lowest BCUT2D eigenvalue weighted by Gasteiger charge is -2.28. The van der Waals surface area contributed by atoms with E-state index in [-0.39, 0.29) is 25.0 Å². The van der Waals surface area contributed by atoms with E-state index in [2.05, 4.69) is 21.5 Å². The number of benzene rings is 1. The zero-order chi connectivity index (χ0) is 18.1. The Morgan fingerprint density at radius 2 is 2.00 bits per heavy atom. The molecule has 0 aliphatic carbocycles. The van der Waals surface area contributed by atoms with Crippen molar-refractivity contribution in [3.05, 3.63) is 48.5 Å². The number of alkyl halides is 1. The number of carbonyl (C=O) groups is 1. The number of rotatable bonds is 4. The Labute approximate surface area is 151 Å². The molecule has 4 rings (SSSR count). The topological polar surface area (TPSA) is 59.8 Å².